The number of ketones is 1. The van der Waals surface area contributed by atoms with Gasteiger partial charge in [0.05, 0.1) is 5.56 Å². The molecule has 0 aliphatic heterocycles. The minimum Gasteiger partial charge on any atom is -0.287 e. The van der Waals surface area contributed by atoms with Crippen molar-refractivity contribution in [3.63, 3.8) is 0 Å². The van der Waals surface area contributed by atoms with E-state index >= 15 is 0 Å². The molecule has 0 aliphatic rings. The number of rotatable bonds is 4. The summed E-state index contributed by atoms with van der Waals surface area (Å²) in [4.78, 5) is 12.1. The van der Waals surface area contributed by atoms with Crippen molar-refractivity contribution in [1.82, 2.24) is 9.78 Å². The summed E-state index contributed by atoms with van der Waals surface area (Å²) in [5.41, 5.74) is -0.00537. The average molecular weight is 250 g/mol. The molecule has 0 atom stereocenters. The second-order valence-corrected chi connectivity index (χ2v) is 3.87. The van der Waals surface area contributed by atoms with E-state index in [4.69, 9.17) is 0 Å². The summed E-state index contributed by atoms with van der Waals surface area (Å²) in [5, 5.41) is 3.98. The molecule has 1 aromatic heterocycles. The van der Waals surface area contributed by atoms with Crippen LogP contribution in [0.4, 0.5) is 8.78 Å². The maximum atomic E-state index is 13.5. The van der Waals surface area contributed by atoms with Gasteiger partial charge >= 0.3 is 0 Å². The van der Waals surface area contributed by atoms with Crippen molar-refractivity contribution in [2.45, 2.75) is 19.9 Å². The lowest BCUT2D eigenvalue weighted by Gasteiger charge is -2.06. The predicted molar refractivity (Wildman–Crippen MR) is 62.3 cm³/mol. The number of nitrogens with zero attached hydrogens (tertiary/aromatic N) is 2. The Labute approximate surface area is 103 Å². The molecule has 3 nitrogen and oxygen atoms in total. The smallest absolute Gasteiger partial charge is 0.214 e. The van der Waals surface area contributed by atoms with Crippen LogP contribution in [0.1, 0.15) is 29.4 Å². The number of hydrogen-bond donors (Lipinski definition) is 0. The monoisotopic (exact) mass is 250 g/mol. The van der Waals surface area contributed by atoms with E-state index in [0.29, 0.717) is 6.54 Å². The number of hydrogen-bond acceptors (Lipinski definition) is 2. The van der Waals surface area contributed by atoms with E-state index in [1.165, 1.54) is 29.1 Å². The third kappa shape index (κ3) is 2.16. The molecule has 2 aromatic rings. The second-order valence-electron chi connectivity index (χ2n) is 3.87. The normalized spacial score (nSPS) is 10.6. The summed E-state index contributed by atoms with van der Waals surface area (Å²) < 4.78 is 28.1. The number of carbonyl (C=O) groups excluding carboxylic acids is 1. The van der Waals surface area contributed by atoms with Gasteiger partial charge in [-0.3, -0.25) is 9.48 Å². The molecule has 0 amide bonds. The van der Waals surface area contributed by atoms with Crippen molar-refractivity contribution in [3.8, 4) is 0 Å². The Bertz CT molecular complexity index is 578. The molecular weight excluding hydrogens is 238 g/mol. The fourth-order valence-corrected chi connectivity index (χ4v) is 1.73. The van der Waals surface area contributed by atoms with Crippen molar-refractivity contribution in [1.29, 1.82) is 0 Å². The number of halogens is 2. The third-order valence-electron chi connectivity index (χ3n) is 2.58. The zero-order valence-electron chi connectivity index (χ0n) is 9.86. The van der Waals surface area contributed by atoms with Crippen LogP contribution in [-0.4, -0.2) is 15.6 Å². The molecule has 0 unspecified atom stereocenters. The Morgan fingerprint density at radius 1 is 1.33 bits per heavy atom. The Morgan fingerprint density at radius 2 is 2.11 bits per heavy atom. The first-order chi connectivity index (χ1) is 8.65. The highest BCUT2D eigenvalue weighted by Gasteiger charge is 2.19. The predicted octanol–water partition coefficient (Wildman–Crippen LogP) is 2.80. The number of aromatic nitrogens is 2. The molecule has 18 heavy (non-hydrogen) atoms. The summed E-state index contributed by atoms with van der Waals surface area (Å²) in [7, 11) is 0. The highest BCUT2D eigenvalue weighted by molar-refractivity contribution is 6.08. The van der Waals surface area contributed by atoms with Crippen molar-refractivity contribution in [2.24, 2.45) is 0 Å². The molecule has 2 rings (SSSR count). The van der Waals surface area contributed by atoms with Gasteiger partial charge in [0.15, 0.2) is 11.6 Å². The van der Waals surface area contributed by atoms with E-state index in [1.54, 1.807) is 0 Å². The van der Waals surface area contributed by atoms with Crippen LogP contribution < -0.4 is 0 Å². The van der Waals surface area contributed by atoms with Crippen molar-refractivity contribution in [2.75, 3.05) is 0 Å². The summed E-state index contributed by atoms with van der Waals surface area (Å²) in [5.74, 6) is -2.70. The van der Waals surface area contributed by atoms with Crippen LogP contribution >= 0.6 is 0 Å². The molecule has 0 N–H and O–H groups in total. The maximum Gasteiger partial charge on any atom is 0.214 e. The molecule has 0 radical (unpaired) electrons. The van der Waals surface area contributed by atoms with Crippen molar-refractivity contribution >= 4 is 5.78 Å². The van der Waals surface area contributed by atoms with Gasteiger partial charge in [-0.25, -0.2) is 8.78 Å². The lowest BCUT2D eigenvalue weighted by molar-refractivity contribution is 0.102. The van der Waals surface area contributed by atoms with Gasteiger partial charge in [0, 0.05) is 12.7 Å². The van der Waals surface area contributed by atoms with E-state index < -0.39 is 17.4 Å². The van der Waals surface area contributed by atoms with Crippen LogP contribution in [0.5, 0.6) is 0 Å². The van der Waals surface area contributed by atoms with Gasteiger partial charge in [-0.15, -0.1) is 0 Å². The average Bonchev–Trinajstić information content (AvgIpc) is 2.80. The topological polar surface area (TPSA) is 34.9 Å². The minimum absolute atomic E-state index is 0.265. The molecular formula is C13H12F2N2O. The molecule has 94 valence electrons. The zero-order valence-corrected chi connectivity index (χ0v) is 9.86. The first-order valence-electron chi connectivity index (χ1n) is 5.65. The van der Waals surface area contributed by atoms with Crippen LogP contribution in [0.3, 0.4) is 0 Å². The largest absolute Gasteiger partial charge is 0.287 e. The zero-order chi connectivity index (χ0) is 13.1. The van der Waals surface area contributed by atoms with Gasteiger partial charge in [-0.2, -0.15) is 5.10 Å². The Morgan fingerprint density at radius 3 is 2.83 bits per heavy atom. The number of benzene rings is 1. The Kier molecular flexibility index (Phi) is 3.50. The molecule has 0 saturated carbocycles. The van der Waals surface area contributed by atoms with Crippen LogP contribution in [0.15, 0.2) is 30.5 Å². The van der Waals surface area contributed by atoms with Crippen LogP contribution in [0, 0.1) is 11.6 Å². The van der Waals surface area contributed by atoms with Gasteiger partial charge in [-0.05, 0) is 24.6 Å². The molecule has 0 saturated heterocycles. The molecule has 0 aliphatic carbocycles. The first-order valence-corrected chi connectivity index (χ1v) is 5.65. The third-order valence-corrected chi connectivity index (χ3v) is 2.58. The van der Waals surface area contributed by atoms with Crippen molar-refractivity contribution in [3.05, 3.63) is 53.4 Å². The van der Waals surface area contributed by atoms with Gasteiger partial charge < -0.3 is 0 Å². The molecule has 1 aromatic carbocycles. The lowest BCUT2D eigenvalue weighted by atomic mass is 10.1. The highest BCUT2D eigenvalue weighted by Crippen LogP contribution is 2.16. The summed E-state index contributed by atoms with van der Waals surface area (Å²) in [6, 6.07) is 5.06. The molecule has 0 bridgehead atoms. The first kappa shape index (κ1) is 12.4. The summed E-state index contributed by atoms with van der Waals surface area (Å²) >= 11 is 0. The van der Waals surface area contributed by atoms with Gasteiger partial charge in [0.25, 0.3) is 0 Å². The van der Waals surface area contributed by atoms with Crippen LogP contribution in [0.2, 0.25) is 0 Å². The van der Waals surface area contributed by atoms with E-state index in [0.717, 1.165) is 12.5 Å². The molecule has 1 heterocycles. The maximum absolute atomic E-state index is 13.5. The number of aryl methyl sites for hydroxylation is 1. The van der Waals surface area contributed by atoms with E-state index in [9.17, 15) is 13.6 Å². The molecule has 5 heteroatoms. The highest BCUT2D eigenvalue weighted by atomic mass is 19.2. The molecule has 0 fully saturated rings. The van der Waals surface area contributed by atoms with Crippen LogP contribution in [0.25, 0.3) is 0 Å². The Hall–Kier alpha value is -2.04. The van der Waals surface area contributed by atoms with E-state index in [2.05, 4.69) is 5.10 Å². The van der Waals surface area contributed by atoms with E-state index in [1.807, 2.05) is 6.92 Å². The van der Waals surface area contributed by atoms with Gasteiger partial charge in [-0.1, -0.05) is 13.0 Å². The Balaban J connectivity index is 2.42. The summed E-state index contributed by atoms with van der Waals surface area (Å²) in [6.07, 6.45) is 2.27. The summed E-state index contributed by atoms with van der Waals surface area (Å²) in [6.45, 7) is 2.50. The van der Waals surface area contributed by atoms with Crippen LogP contribution in [-0.2, 0) is 6.54 Å². The minimum atomic E-state index is -1.12. The fourth-order valence-electron chi connectivity index (χ4n) is 1.73. The second kappa shape index (κ2) is 5.08. The molecule has 0 spiro atoms. The SMILES string of the molecule is CCCn1nccc1C(=O)c1cccc(F)c1F. The van der Waals surface area contributed by atoms with Gasteiger partial charge in [0.2, 0.25) is 5.78 Å². The quantitative estimate of drug-likeness (QED) is 0.782. The van der Waals surface area contributed by atoms with Gasteiger partial charge in [0.1, 0.15) is 5.69 Å². The lowest BCUT2D eigenvalue weighted by Crippen LogP contribution is -2.13. The fraction of sp³-hybridized carbons (Fsp3) is 0.231. The van der Waals surface area contributed by atoms with E-state index in [-0.39, 0.29) is 11.3 Å². The van der Waals surface area contributed by atoms with Crippen molar-refractivity contribution < 1.29 is 13.6 Å². The number of carbonyl (C=O) groups is 1. The standard InChI is InChI=1S/C13H12F2N2O/c1-2-8-17-11(6-7-16-17)13(18)9-4-3-5-10(14)12(9)15/h3-7H,2,8H2,1H3.